The predicted octanol–water partition coefficient (Wildman–Crippen LogP) is 3.17. The maximum absolute atomic E-state index is 11.9. The molecule has 0 saturated heterocycles. The molecule has 2 aromatic rings. The van der Waals surface area contributed by atoms with Crippen molar-refractivity contribution >= 4 is 24.0 Å². The Bertz CT molecular complexity index is 738. The summed E-state index contributed by atoms with van der Waals surface area (Å²) in [6.45, 7) is 0. The number of amides is 1. The highest BCUT2D eigenvalue weighted by Crippen LogP contribution is 2.27. The van der Waals surface area contributed by atoms with E-state index in [4.69, 9.17) is 9.47 Å². The van der Waals surface area contributed by atoms with E-state index in [0.717, 1.165) is 11.8 Å². The Labute approximate surface area is 134 Å². The number of hydrogen-bond donors (Lipinski definition) is 1. The van der Waals surface area contributed by atoms with Crippen molar-refractivity contribution in [3.05, 3.63) is 59.7 Å². The minimum absolute atomic E-state index is 0.289. The Kier molecular flexibility index (Phi) is 5.52. The van der Waals surface area contributed by atoms with Crippen LogP contribution in [0.1, 0.15) is 15.9 Å². The highest BCUT2D eigenvalue weighted by atomic mass is 16.5. The number of benzene rings is 2. The zero-order valence-corrected chi connectivity index (χ0v) is 12.9. The molecule has 0 bridgehead atoms. The highest BCUT2D eigenvalue weighted by Gasteiger charge is 2.03. The molecule has 0 aromatic heterocycles. The van der Waals surface area contributed by atoms with Gasteiger partial charge in [0.15, 0.2) is 11.5 Å². The van der Waals surface area contributed by atoms with Crippen molar-refractivity contribution in [3.63, 3.8) is 0 Å². The van der Waals surface area contributed by atoms with Crippen molar-refractivity contribution in [1.82, 2.24) is 0 Å². The van der Waals surface area contributed by atoms with E-state index >= 15 is 0 Å². The summed E-state index contributed by atoms with van der Waals surface area (Å²) in [5.41, 5.74) is 1.88. The molecule has 0 unspecified atom stereocenters. The van der Waals surface area contributed by atoms with E-state index in [1.165, 1.54) is 6.08 Å². The summed E-state index contributed by atoms with van der Waals surface area (Å²) < 4.78 is 10.4. The third-order valence-corrected chi connectivity index (χ3v) is 3.13. The van der Waals surface area contributed by atoms with Gasteiger partial charge in [0.2, 0.25) is 5.91 Å². The summed E-state index contributed by atoms with van der Waals surface area (Å²) in [5, 5.41) is 2.70. The smallest absolute Gasteiger partial charge is 0.248 e. The Hall–Kier alpha value is -3.08. The molecule has 0 spiro atoms. The second kappa shape index (κ2) is 7.79. The lowest BCUT2D eigenvalue weighted by atomic mass is 10.2. The van der Waals surface area contributed by atoms with Crippen molar-refractivity contribution in [2.75, 3.05) is 19.5 Å². The third-order valence-electron chi connectivity index (χ3n) is 3.13. The first-order chi connectivity index (χ1) is 11.2. The quantitative estimate of drug-likeness (QED) is 0.657. The van der Waals surface area contributed by atoms with Crippen LogP contribution in [0.2, 0.25) is 0 Å². The molecule has 0 heterocycles. The van der Waals surface area contributed by atoms with Crippen LogP contribution in [0.15, 0.2) is 48.5 Å². The molecule has 0 aliphatic heterocycles. The third kappa shape index (κ3) is 4.44. The van der Waals surface area contributed by atoms with Gasteiger partial charge in [-0.05, 0) is 35.9 Å². The minimum atomic E-state index is -0.289. The molecule has 23 heavy (non-hydrogen) atoms. The molecule has 0 saturated carbocycles. The van der Waals surface area contributed by atoms with Crippen molar-refractivity contribution < 1.29 is 19.1 Å². The van der Waals surface area contributed by atoms with E-state index in [1.807, 2.05) is 6.07 Å². The zero-order chi connectivity index (χ0) is 16.7. The Morgan fingerprint density at radius 2 is 1.78 bits per heavy atom. The molecular formula is C18H17NO4. The van der Waals surface area contributed by atoms with E-state index in [-0.39, 0.29) is 5.91 Å². The van der Waals surface area contributed by atoms with Crippen molar-refractivity contribution in [3.8, 4) is 11.5 Å². The standard InChI is InChI=1S/C18H17NO4/c1-22-16-8-6-13(11-17(16)23-2)7-9-18(21)19-15-5-3-4-14(10-15)12-20/h3-12H,1-2H3,(H,19,21)/b9-7+. The molecular weight excluding hydrogens is 294 g/mol. The zero-order valence-electron chi connectivity index (χ0n) is 12.9. The number of methoxy groups -OCH3 is 2. The molecule has 1 amide bonds. The summed E-state index contributed by atoms with van der Waals surface area (Å²) in [7, 11) is 3.12. The fraction of sp³-hybridized carbons (Fsp3) is 0.111. The first kappa shape index (κ1) is 16.3. The molecule has 1 N–H and O–H groups in total. The monoisotopic (exact) mass is 311 g/mol. The van der Waals surface area contributed by atoms with E-state index in [2.05, 4.69) is 5.32 Å². The highest BCUT2D eigenvalue weighted by molar-refractivity contribution is 6.02. The number of carbonyl (C=O) groups is 2. The van der Waals surface area contributed by atoms with Gasteiger partial charge in [-0.3, -0.25) is 9.59 Å². The number of hydrogen-bond acceptors (Lipinski definition) is 4. The molecule has 0 radical (unpaired) electrons. The maximum Gasteiger partial charge on any atom is 0.248 e. The summed E-state index contributed by atoms with van der Waals surface area (Å²) in [4.78, 5) is 22.6. The Morgan fingerprint density at radius 1 is 1.00 bits per heavy atom. The average molecular weight is 311 g/mol. The van der Waals surface area contributed by atoms with Gasteiger partial charge < -0.3 is 14.8 Å². The largest absolute Gasteiger partial charge is 0.493 e. The van der Waals surface area contributed by atoms with Gasteiger partial charge in [0.05, 0.1) is 14.2 Å². The summed E-state index contributed by atoms with van der Waals surface area (Å²) >= 11 is 0. The average Bonchev–Trinajstić information content (AvgIpc) is 2.59. The van der Waals surface area contributed by atoms with Crippen molar-refractivity contribution in [1.29, 1.82) is 0 Å². The molecule has 0 aliphatic carbocycles. The second-order valence-electron chi connectivity index (χ2n) is 4.68. The molecule has 2 aromatic carbocycles. The summed E-state index contributed by atoms with van der Waals surface area (Å²) in [6.07, 6.45) is 3.81. The van der Waals surface area contributed by atoms with Gasteiger partial charge in [-0.15, -0.1) is 0 Å². The van der Waals surface area contributed by atoms with E-state index < -0.39 is 0 Å². The number of carbonyl (C=O) groups excluding carboxylic acids is 2. The lowest BCUT2D eigenvalue weighted by Crippen LogP contribution is -2.07. The minimum Gasteiger partial charge on any atom is -0.493 e. The number of nitrogens with one attached hydrogen (secondary N) is 1. The molecule has 0 atom stereocenters. The normalized spacial score (nSPS) is 10.3. The number of rotatable bonds is 6. The van der Waals surface area contributed by atoms with Gasteiger partial charge in [-0.25, -0.2) is 0 Å². The van der Waals surface area contributed by atoms with Gasteiger partial charge in [-0.1, -0.05) is 18.2 Å². The van der Waals surface area contributed by atoms with E-state index in [9.17, 15) is 9.59 Å². The first-order valence-corrected chi connectivity index (χ1v) is 6.92. The van der Waals surface area contributed by atoms with Crippen molar-refractivity contribution in [2.45, 2.75) is 0 Å². The van der Waals surface area contributed by atoms with Gasteiger partial charge >= 0.3 is 0 Å². The molecule has 5 nitrogen and oxygen atoms in total. The Morgan fingerprint density at radius 3 is 2.48 bits per heavy atom. The van der Waals surface area contributed by atoms with Crippen LogP contribution in [0.25, 0.3) is 6.08 Å². The topological polar surface area (TPSA) is 64.6 Å². The maximum atomic E-state index is 11.9. The lowest BCUT2D eigenvalue weighted by molar-refractivity contribution is -0.111. The number of anilines is 1. The van der Waals surface area contributed by atoms with Crippen LogP contribution in [0, 0.1) is 0 Å². The molecule has 2 rings (SSSR count). The fourth-order valence-corrected chi connectivity index (χ4v) is 2.00. The van der Waals surface area contributed by atoms with Crippen LogP contribution < -0.4 is 14.8 Å². The van der Waals surface area contributed by atoms with Crippen LogP contribution >= 0.6 is 0 Å². The summed E-state index contributed by atoms with van der Waals surface area (Å²) in [6, 6.07) is 12.1. The molecule has 5 heteroatoms. The van der Waals surface area contributed by atoms with E-state index in [0.29, 0.717) is 22.7 Å². The fourth-order valence-electron chi connectivity index (χ4n) is 2.00. The SMILES string of the molecule is COc1ccc(/C=C/C(=O)Nc2cccc(C=O)c2)cc1OC. The molecule has 0 fully saturated rings. The number of aldehydes is 1. The molecule has 118 valence electrons. The lowest BCUT2D eigenvalue weighted by Gasteiger charge is -2.07. The Balaban J connectivity index is 2.07. The molecule has 0 aliphatic rings. The first-order valence-electron chi connectivity index (χ1n) is 6.92. The van der Waals surface area contributed by atoms with Crippen LogP contribution in [0.4, 0.5) is 5.69 Å². The van der Waals surface area contributed by atoms with Crippen LogP contribution in [0.3, 0.4) is 0 Å². The predicted molar refractivity (Wildman–Crippen MR) is 89.0 cm³/mol. The van der Waals surface area contributed by atoms with E-state index in [1.54, 1.807) is 56.7 Å². The van der Waals surface area contributed by atoms with Crippen molar-refractivity contribution in [2.24, 2.45) is 0 Å². The second-order valence-corrected chi connectivity index (χ2v) is 4.68. The van der Waals surface area contributed by atoms with Gasteiger partial charge in [0, 0.05) is 17.3 Å². The van der Waals surface area contributed by atoms with Gasteiger partial charge in [-0.2, -0.15) is 0 Å². The number of ether oxygens (including phenoxy) is 2. The van der Waals surface area contributed by atoms with Crippen LogP contribution in [-0.2, 0) is 4.79 Å². The van der Waals surface area contributed by atoms with Crippen LogP contribution in [0.5, 0.6) is 11.5 Å². The summed E-state index contributed by atoms with van der Waals surface area (Å²) in [5.74, 6) is 0.927. The van der Waals surface area contributed by atoms with Gasteiger partial charge in [0.1, 0.15) is 6.29 Å². The van der Waals surface area contributed by atoms with Crippen LogP contribution in [-0.4, -0.2) is 26.4 Å². The van der Waals surface area contributed by atoms with Gasteiger partial charge in [0.25, 0.3) is 0 Å².